The molecule has 4 nitrogen and oxygen atoms in total. The molecule has 0 fully saturated rings. The van der Waals surface area contributed by atoms with Crippen molar-refractivity contribution in [3.8, 4) is 0 Å². The van der Waals surface area contributed by atoms with Crippen LogP contribution in [0.4, 0.5) is 0 Å². The van der Waals surface area contributed by atoms with Gasteiger partial charge in [0.1, 0.15) is 0 Å². The summed E-state index contributed by atoms with van der Waals surface area (Å²) in [5.74, 6) is 5.22. The number of hydrogen-bond acceptors (Lipinski definition) is 3. The van der Waals surface area contributed by atoms with Gasteiger partial charge in [0.25, 0.3) is 0 Å². The number of ether oxygens (including phenoxy) is 1. The second kappa shape index (κ2) is 4.92. The van der Waals surface area contributed by atoms with E-state index in [0.29, 0.717) is 6.54 Å². The molecule has 1 heterocycles. The van der Waals surface area contributed by atoms with Crippen LogP contribution in [0.25, 0.3) is 0 Å². The Morgan fingerprint density at radius 2 is 2.50 bits per heavy atom. The summed E-state index contributed by atoms with van der Waals surface area (Å²) in [4.78, 5) is 0. The van der Waals surface area contributed by atoms with Crippen LogP contribution in [0.2, 0.25) is 0 Å². The molecule has 12 heavy (non-hydrogen) atoms. The Bertz CT molecular complexity index is 222. The van der Waals surface area contributed by atoms with Crippen molar-refractivity contribution in [2.45, 2.75) is 13.1 Å². The third-order valence-electron chi connectivity index (χ3n) is 1.74. The third kappa shape index (κ3) is 2.34. The molecule has 4 heteroatoms. The van der Waals surface area contributed by atoms with E-state index in [2.05, 4.69) is 9.99 Å². The Hall–Kier alpha value is -0.840. The van der Waals surface area contributed by atoms with Gasteiger partial charge in [-0.1, -0.05) is 0 Å². The molecule has 0 amide bonds. The third-order valence-corrected chi connectivity index (χ3v) is 1.74. The predicted molar refractivity (Wildman–Crippen MR) is 47.3 cm³/mol. The van der Waals surface area contributed by atoms with Crippen molar-refractivity contribution < 1.29 is 4.74 Å². The van der Waals surface area contributed by atoms with Crippen molar-refractivity contribution in [1.82, 2.24) is 9.99 Å². The summed E-state index contributed by atoms with van der Waals surface area (Å²) in [6.07, 6.45) is 2.02. The van der Waals surface area contributed by atoms with Gasteiger partial charge >= 0.3 is 0 Å². The maximum atomic E-state index is 5.22. The zero-order valence-electron chi connectivity index (χ0n) is 7.29. The van der Waals surface area contributed by atoms with E-state index in [1.54, 1.807) is 7.11 Å². The largest absolute Gasteiger partial charge is 0.383 e. The van der Waals surface area contributed by atoms with E-state index in [4.69, 9.17) is 10.6 Å². The highest BCUT2D eigenvalue weighted by Gasteiger charge is 1.97. The van der Waals surface area contributed by atoms with Crippen LogP contribution < -0.4 is 11.3 Å². The molecule has 0 aliphatic carbocycles. The number of methoxy groups -OCH3 is 1. The fourth-order valence-corrected chi connectivity index (χ4v) is 1.12. The predicted octanol–water partition coefficient (Wildman–Crippen LogP) is 0.0978. The minimum atomic E-state index is 0.691. The molecule has 0 aromatic carbocycles. The highest BCUT2D eigenvalue weighted by Crippen LogP contribution is 2.00. The Balaban J connectivity index is 2.51. The standard InChI is InChI=1S/C8H15N3O/c1-12-6-5-11-4-2-3-8(11)7-10-9/h2-4,10H,5-7,9H2,1H3. The van der Waals surface area contributed by atoms with Gasteiger partial charge in [-0.3, -0.25) is 11.3 Å². The zero-order valence-corrected chi connectivity index (χ0v) is 7.29. The average molecular weight is 169 g/mol. The van der Waals surface area contributed by atoms with Crippen LogP contribution in [0.1, 0.15) is 5.69 Å². The van der Waals surface area contributed by atoms with E-state index < -0.39 is 0 Å². The summed E-state index contributed by atoms with van der Waals surface area (Å²) in [5.41, 5.74) is 3.80. The highest BCUT2D eigenvalue weighted by molar-refractivity contribution is 5.06. The molecule has 68 valence electrons. The number of aromatic nitrogens is 1. The van der Waals surface area contributed by atoms with Gasteiger partial charge in [-0.15, -0.1) is 0 Å². The molecule has 0 saturated heterocycles. The fraction of sp³-hybridized carbons (Fsp3) is 0.500. The van der Waals surface area contributed by atoms with Gasteiger partial charge in [-0.2, -0.15) is 0 Å². The Labute approximate surface area is 72.3 Å². The number of hydrogen-bond donors (Lipinski definition) is 2. The molecule has 0 bridgehead atoms. The molecule has 1 aromatic heterocycles. The molecular weight excluding hydrogens is 154 g/mol. The maximum absolute atomic E-state index is 5.22. The normalized spacial score (nSPS) is 10.5. The molecule has 0 saturated carbocycles. The number of nitrogens with two attached hydrogens (primary N) is 1. The molecule has 0 unspecified atom stereocenters. The van der Waals surface area contributed by atoms with Gasteiger partial charge in [-0.05, 0) is 12.1 Å². The first-order valence-electron chi connectivity index (χ1n) is 3.95. The summed E-state index contributed by atoms with van der Waals surface area (Å²) in [6.45, 7) is 2.30. The monoisotopic (exact) mass is 169 g/mol. The van der Waals surface area contributed by atoms with E-state index in [1.807, 2.05) is 18.3 Å². The summed E-state index contributed by atoms with van der Waals surface area (Å²) in [6, 6.07) is 4.04. The summed E-state index contributed by atoms with van der Waals surface area (Å²) < 4.78 is 7.09. The lowest BCUT2D eigenvalue weighted by Gasteiger charge is -2.07. The molecule has 0 aliphatic rings. The van der Waals surface area contributed by atoms with Gasteiger partial charge < -0.3 is 9.30 Å². The fourth-order valence-electron chi connectivity index (χ4n) is 1.12. The van der Waals surface area contributed by atoms with Crippen molar-refractivity contribution in [3.63, 3.8) is 0 Å². The van der Waals surface area contributed by atoms with E-state index in [-0.39, 0.29) is 0 Å². The van der Waals surface area contributed by atoms with E-state index in [9.17, 15) is 0 Å². The first-order chi connectivity index (χ1) is 5.88. The highest BCUT2D eigenvalue weighted by atomic mass is 16.5. The van der Waals surface area contributed by atoms with Crippen molar-refractivity contribution in [2.75, 3.05) is 13.7 Å². The van der Waals surface area contributed by atoms with Crippen LogP contribution in [-0.4, -0.2) is 18.3 Å². The molecule has 0 spiro atoms. The second-order valence-corrected chi connectivity index (χ2v) is 2.57. The van der Waals surface area contributed by atoms with Gasteiger partial charge in [-0.25, -0.2) is 0 Å². The van der Waals surface area contributed by atoms with Gasteiger partial charge in [0.05, 0.1) is 13.2 Å². The van der Waals surface area contributed by atoms with E-state index in [0.717, 1.165) is 13.2 Å². The lowest BCUT2D eigenvalue weighted by Crippen LogP contribution is -2.23. The smallest absolute Gasteiger partial charge is 0.0641 e. The minimum Gasteiger partial charge on any atom is -0.383 e. The number of nitrogens with one attached hydrogen (secondary N) is 1. The van der Waals surface area contributed by atoms with Gasteiger partial charge in [0, 0.05) is 25.5 Å². The number of nitrogens with zero attached hydrogens (tertiary/aromatic N) is 1. The topological polar surface area (TPSA) is 52.2 Å². The van der Waals surface area contributed by atoms with Crippen molar-refractivity contribution in [1.29, 1.82) is 0 Å². The van der Waals surface area contributed by atoms with Crippen molar-refractivity contribution in [3.05, 3.63) is 24.0 Å². The van der Waals surface area contributed by atoms with Crippen molar-refractivity contribution in [2.24, 2.45) is 5.84 Å². The van der Waals surface area contributed by atoms with Crippen LogP contribution in [0.5, 0.6) is 0 Å². The lowest BCUT2D eigenvalue weighted by molar-refractivity contribution is 0.186. The van der Waals surface area contributed by atoms with Crippen LogP contribution >= 0.6 is 0 Å². The molecule has 1 rings (SSSR count). The maximum Gasteiger partial charge on any atom is 0.0641 e. The molecule has 0 radical (unpaired) electrons. The lowest BCUT2D eigenvalue weighted by atomic mass is 10.4. The van der Waals surface area contributed by atoms with Gasteiger partial charge in [0.15, 0.2) is 0 Å². The molecule has 3 N–H and O–H groups in total. The first-order valence-corrected chi connectivity index (χ1v) is 3.95. The number of rotatable bonds is 5. The Morgan fingerprint density at radius 1 is 1.67 bits per heavy atom. The minimum absolute atomic E-state index is 0.691. The summed E-state index contributed by atoms with van der Waals surface area (Å²) >= 11 is 0. The number of hydrazine groups is 1. The van der Waals surface area contributed by atoms with Crippen LogP contribution in [-0.2, 0) is 17.8 Å². The molecule has 0 atom stereocenters. The Kier molecular flexibility index (Phi) is 3.79. The summed E-state index contributed by atoms with van der Waals surface area (Å²) in [7, 11) is 1.70. The quantitative estimate of drug-likeness (QED) is 0.485. The van der Waals surface area contributed by atoms with Gasteiger partial charge in [0.2, 0.25) is 0 Å². The SMILES string of the molecule is COCCn1cccc1CNN. The van der Waals surface area contributed by atoms with Crippen LogP contribution in [0, 0.1) is 0 Å². The molecular formula is C8H15N3O. The zero-order chi connectivity index (χ0) is 8.81. The first kappa shape index (κ1) is 9.25. The average Bonchev–Trinajstić information content (AvgIpc) is 2.50. The Morgan fingerprint density at radius 3 is 3.17 bits per heavy atom. The van der Waals surface area contributed by atoms with E-state index >= 15 is 0 Å². The molecule has 0 aliphatic heterocycles. The summed E-state index contributed by atoms with van der Waals surface area (Å²) in [5, 5.41) is 0. The molecule has 1 aromatic rings. The van der Waals surface area contributed by atoms with E-state index in [1.165, 1.54) is 5.69 Å². The second-order valence-electron chi connectivity index (χ2n) is 2.57. The van der Waals surface area contributed by atoms with Crippen molar-refractivity contribution >= 4 is 0 Å². The van der Waals surface area contributed by atoms with Crippen LogP contribution in [0.15, 0.2) is 18.3 Å². The van der Waals surface area contributed by atoms with Crippen LogP contribution in [0.3, 0.4) is 0 Å².